The van der Waals surface area contributed by atoms with Gasteiger partial charge < -0.3 is 9.64 Å². The normalized spacial score (nSPS) is 22.3. The van der Waals surface area contributed by atoms with Crippen molar-refractivity contribution in [1.82, 2.24) is 23.9 Å². The lowest BCUT2D eigenvalue weighted by atomic mass is 10.2. The molecule has 3 rings (SSSR count). The van der Waals surface area contributed by atoms with Gasteiger partial charge in [0.05, 0.1) is 31.2 Å². The number of aromatic nitrogens is 2. The van der Waals surface area contributed by atoms with E-state index < -0.39 is 10.0 Å². The quantitative estimate of drug-likeness (QED) is 0.639. The van der Waals surface area contributed by atoms with Crippen molar-refractivity contribution in [1.29, 1.82) is 0 Å². The van der Waals surface area contributed by atoms with Crippen LogP contribution in [0.5, 0.6) is 0 Å². The van der Waals surface area contributed by atoms with E-state index in [0.717, 1.165) is 13.1 Å². The predicted octanol–water partition coefficient (Wildman–Crippen LogP) is -0.772. The summed E-state index contributed by atoms with van der Waals surface area (Å²) in [6.07, 6.45) is 5.13. The third-order valence-electron chi connectivity index (χ3n) is 4.98. The van der Waals surface area contributed by atoms with Gasteiger partial charge in [0.2, 0.25) is 10.0 Å². The van der Waals surface area contributed by atoms with Gasteiger partial charge in [-0.1, -0.05) is 0 Å². The highest BCUT2D eigenvalue weighted by Crippen LogP contribution is 2.20. The summed E-state index contributed by atoms with van der Waals surface area (Å²) in [5.41, 5.74) is 0.535. The van der Waals surface area contributed by atoms with Crippen molar-refractivity contribution < 1.29 is 17.9 Å². The van der Waals surface area contributed by atoms with Crippen molar-refractivity contribution in [2.75, 3.05) is 58.7 Å². The van der Waals surface area contributed by atoms with Gasteiger partial charge in [-0.2, -0.15) is 9.40 Å². The lowest BCUT2D eigenvalue weighted by Gasteiger charge is -2.31. The Morgan fingerprint density at radius 3 is 2.69 bits per heavy atom. The number of ether oxygens (including phenoxy) is 1. The molecule has 1 amide bonds. The average Bonchev–Trinajstić information content (AvgIpc) is 3.24. The highest BCUT2D eigenvalue weighted by Gasteiger charge is 2.35. The molecular formula is C16H27N5O4S. The zero-order chi connectivity index (χ0) is 18.7. The number of aryl methyl sites for hydroxylation is 1. The Labute approximate surface area is 154 Å². The molecule has 1 aromatic rings. The minimum Gasteiger partial charge on any atom is -0.379 e. The molecule has 0 aliphatic carbocycles. The number of carbonyl (C=O) groups excluding carboxylic acids is 1. The highest BCUT2D eigenvalue weighted by molar-refractivity contribution is 7.88. The second-order valence-electron chi connectivity index (χ2n) is 6.92. The van der Waals surface area contributed by atoms with Crippen LogP contribution in [-0.4, -0.2) is 103 Å². The van der Waals surface area contributed by atoms with Gasteiger partial charge >= 0.3 is 0 Å². The molecule has 2 aliphatic rings. The van der Waals surface area contributed by atoms with E-state index in [9.17, 15) is 13.2 Å². The van der Waals surface area contributed by atoms with Crippen LogP contribution in [0.2, 0.25) is 0 Å². The zero-order valence-electron chi connectivity index (χ0n) is 15.4. The van der Waals surface area contributed by atoms with Gasteiger partial charge in [-0.25, -0.2) is 8.42 Å². The summed E-state index contributed by atoms with van der Waals surface area (Å²) in [6.45, 7) is 5.14. The first-order valence-corrected chi connectivity index (χ1v) is 10.7. The molecule has 10 heteroatoms. The Hall–Kier alpha value is -1.49. The van der Waals surface area contributed by atoms with E-state index in [1.807, 2.05) is 0 Å². The summed E-state index contributed by atoms with van der Waals surface area (Å²) in [4.78, 5) is 16.5. The molecule has 0 saturated carbocycles. The molecule has 3 heterocycles. The summed E-state index contributed by atoms with van der Waals surface area (Å²) in [5, 5.41) is 4.03. The maximum absolute atomic E-state index is 12.6. The first kappa shape index (κ1) is 19.3. The van der Waals surface area contributed by atoms with E-state index in [4.69, 9.17) is 4.74 Å². The number of carbonyl (C=O) groups is 1. The van der Waals surface area contributed by atoms with Gasteiger partial charge in [0.15, 0.2) is 0 Å². The van der Waals surface area contributed by atoms with Crippen LogP contribution in [0.3, 0.4) is 0 Å². The van der Waals surface area contributed by atoms with Crippen LogP contribution in [0.1, 0.15) is 16.8 Å². The van der Waals surface area contributed by atoms with E-state index >= 15 is 0 Å². The van der Waals surface area contributed by atoms with E-state index in [-0.39, 0.29) is 11.9 Å². The monoisotopic (exact) mass is 385 g/mol. The van der Waals surface area contributed by atoms with Gasteiger partial charge in [0.1, 0.15) is 0 Å². The zero-order valence-corrected chi connectivity index (χ0v) is 16.2. The fourth-order valence-corrected chi connectivity index (χ4v) is 4.69. The molecule has 0 bridgehead atoms. The molecule has 0 radical (unpaired) electrons. The van der Waals surface area contributed by atoms with Crippen molar-refractivity contribution in [3.63, 3.8) is 0 Å². The molecule has 2 aliphatic heterocycles. The molecule has 2 saturated heterocycles. The SMILES string of the molecule is Cn1cc(C(=O)N2CCC(N(CCN3CCOCC3)S(C)(=O)=O)C2)cn1. The van der Waals surface area contributed by atoms with Crippen LogP contribution in [-0.2, 0) is 21.8 Å². The fraction of sp³-hybridized carbons (Fsp3) is 0.750. The van der Waals surface area contributed by atoms with E-state index in [2.05, 4.69) is 10.00 Å². The number of amides is 1. The van der Waals surface area contributed by atoms with Gasteiger partial charge in [-0.05, 0) is 6.42 Å². The number of nitrogens with zero attached hydrogens (tertiary/aromatic N) is 5. The minimum absolute atomic E-state index is 0.0952. The first-order valence-electron chi connectivity index (χ1n) is 8.89. The molecule has 146 valence electrons. The van der Waals surface area contributed by atoms with Gasteiger partial charge in [0.25, 0.3) is 5.91 Å². The Kier molecular flexibility index (Phi) is 5.96. The molecular weight excluding hydrogens is 358 g/mol. The maximum atomic E-state index is 12.6. The Bertz CT molecular complexity index is 729. The molecule has 0 N–H and O–H groups in total. The number of hydrogen-bond acceptors (Lipinski definition) is 6. The van der Waals surface area contributed by atoms with E-state index in [0.29, 0.717) is 51.4 Å². The molecule has 26 heavy (non-hydrogen) atoms. The molecule has 0 aromatic carbocycles. The second-order valence-corrected chi connectivity index (χ2v) is 8.86. The summed E-state index contributed by atoms with van der Waals surface area (Å²) < 4.78 is 33.1. The van der Waals surface area contributed by atoms with Gasteiger partial charge in [-0.3, -0.25) is 14.4 Å². The van der Waals surface area contributed by atoms with Crippen LogP contribution >= 0.6 is 0 Å². The summed E-state index contributed by atoms with van der Waals surface area (Å²) in [6, 6.07) is -0.174. The van der Waals surface area contributed by atoms with Crippen molar-refractivity contribution in [2.24, 2.45) is 7.05 Å². The fourth-order valence-electron chi connectivity index (χ4n) is 3.56. The number of hydrogen-bond donors (Lipinski definition) is 0. The lowest BCUT2D eigenvalue weighted by molar-refractivity contribution is 0.0353. The number of likely N-dealkylation sites (tertiary alicyclic amines) is 1. The number of rotatable bonds is 6. The highest BCUT2D eigenvalue weighted by atomic mass is 32.2. The second kappa shape index (κ2) is 8.03. The van der Waals surface area contributed by atoms with E-state index in [1.54, 1.807) is 33.3 Å². The smallest absolute Gasteiger partial charge is 0.257 e. The van der Waals surface area contributed by atoms with Gasteiger partial charge in [0, 0.05) is 58.6 Å². The third kappa shape index (κ3) is 4.61. The van der Waals surface area contributed by atoms with Gasteiger partial charge in [-0.15, -0.1) is 0 Å². The predicted molar refractivity (Wildman–Crippen MR) is 96.3 cm³/mol. The first-order chi connectivity index (χ1) is 12.3. The molecule has 1 unspecified atom stereocenters. The molecule has 1 atom stereocenters. The molecule has 1 aromatic heterocycles. The Morgan fingerprint density at radius 1 is 1.35 bits per heavy atom. The average molecular weight is 385 g/mol. The van der Waals surface area contributed by atoms with Crippen LogP contribution in [0.25, 0.3) is 0 Å². The molecule has 2 fully saturated rings. The van der Waals surface area contributed by atoms with Crippen molar-refractivity contribution in [3.8, 4) is 0 Å². The Balaban J connectivity index is 1.61. The standard InChI is InChI=1S/C16H27N5O4S/c1-18-12-14(11-17-18)16(22)20-4-3-15(13-20)21(26(2,23)24)6-5-19-7-9-25-10-8-19/h11-12,15H,3-10,13H2,1-2H3. The minimum atomic E-state index is -3.34. The maximum Gasteiger partial charge on any atom is 0.257 e. The van der Waals surface area contributed by atoms with Crippen LogP contribution in [0.15, 0.2) is 12.4 Å². The van der Waals surface area contributed by atoms with Crippen LogP contribution in [0.4, 0.5) is 0 Å². The molecule has 0 spiro atoms. The summed E-state index contributed by atoms with van der Waals surface area (Å²) in [5.74, 6) is -0.0952. The van der Waals surface area contributed by atoms with Crippen molar-refractivity contribution in [2.45, 2.75) is 12.5 Å². The summed E-state index contributed by atoms with van der Waals surface area (Å²) >= 11 is 0. The molecule has 9 nitrogen and oxygen atoms in total. The largest absolute Gasteiger partial charge is 0.379 e. The van der Waals surface area contributed by atoms with E-state index in [1.165, 1.54) is 6.26 Å². The summed E-state index contributed by atoms with van der Waals surface area (Å²) in [7, 11) is -1.57. The number of sulfonamides is 1. The third-order valence-corrected chi connectivity index (χ3v) is 6.31. The number of morpholine rings is 1. The van der Waals surface area contributed by atoms with Crippen molar-refractivity contribution >= 4 is 15.9 Å². The van der Waals surface area contributed by atoms with Crippen LogP contribution < -0.4 is 0 Å². The van der Waals surface area contributed by atoms with Crippen LogP contribution in [0, 0.1) is 0 Å². The topological polar surface area (TPSA) is 88.0 Å². The lowest BCUT2D eigenvalue weighted by Crippen LogP contribution is -2.47. The van der Waals surface area contributed by atoms with Crippen molar-refractivity contribution in [3.05, 3.63) is 18.0 Å². The Morgan fingerprint density at radius 2 is 2.08 bits per heavy atom.